The molecular weight excluding hydrogens is 252 g/mol. The zero-order valence-electron chi connectivity index (χ0n) is 12.1. The van der Waals surface area contributed by atoms with E-state index in [-0.39, 0.29) is 0 Å². The van der Waals surface area contributed by atoms with Crippen molar-refractivity contribution >= 4 is 23.0 Å². The summed E-state index contributed by atoms with van der Waals surface area (Å²) >= 11 is 5.46. The lowest BCUT2D eigenvalue weighted by Gasteiger charge is -2.20. The number of rotatable bonds is 3. The van der Waals surface area contributed by atoms with Crippen molar-refractivity contribution in [3.05, 3.63) is 29.3 Å². The third-order valence-corrected chi connectivity index (χ3v) is 4.08. The van der Waals surface area contributed by atoms with Crippen LogP contribution in [0.3, 0.4) is 0 Å². The molecule has 1 aliphatic rings. The number of para-hydroxylation sites is 1. The quantitative estimate of drug-likeness (QED) is 0.803. The highest BCUT2D eigenvalue weighted by molar-refractivity contribution is 7.80. The van der Waals surface area contributed by atoms with Gasteiger partial charge < -0.3 is 10.6 Å². The van der Waals surface area contributed by atoms with Crippen LogP contribution < -0.4 is 10.6 Å². The van der Waals surface area contributed by atoms with Gasteiger partial charge in [-0.1, -0.05) is 44.9 Å². The molecular formula is C16H24N2S. The predicted octanol–water partition coefficient (Wildman–Crippen LogP) is 4.35. The second kappa shape index (κ2) is 6.38. The first-order valence-electron chi connectivity index (χ1n) is 7.25. The van der Waals surface area contributed by atoms with Gasteiger partial charge in [-0.15, -0.1) is 0 Å². The number of hydrogen-bond donors (Lipinski definition) is 2. The summed E-state index contributed by atoms with van der Waals surface area (Å²) in [6.45, 7) is 6.56. The molecule has 0 unspecified atom stereocenters. The van der Waals surface area contributed by atoms with Gasteiger partial charge in [0, 0.05) is 11.7 Å². The topological polar surface area (TPSA) is 24.1 Å². The minimum atomic E-state index is 0.497. The maximum Gasteiger partial charge on any atom is 0.171 e. The van der Waals surface area contributed by atoms with Gasteiger partial charge in [-0.3, -0.25) is 0 Å². The van der Waals surface area contributed by atoms with Gasteiger partial charge in [0.05, 0.1) is 0 Å². The summed E-state index contributed by atoms with van der Waals surface area (Å²) in [4.78, 5) is 0. The molecule has 0 aromatic heterocycles. The average Bonchev–Trinajstić information content (AvgIpc) is 2.84. The van der Waals surface area contributed by atoms with Crippen molar-refractivity contribution in [2.24, 2.45) is 0 Å². The molecule has 3 heteroatoms. The number of hydrogen-bond acceptors (Lipinski definition) is 1. The van der Waals surface area contributed by atoms with Crippen molar-refractivity contribution in [3.8, 4) is 0 Å². The number of aryl methyl sites for hydroxylation is 1. The minimum Gasteiger partial charge on any atom is -0.360 e. The first-order chi connectivity index (χ1) is 9.08. The third-order valence-electron chi connectivity index (χ3n) is 3.86. The molecule has 0 aliphatic heterocycles. The maximum atomic E-state index is 5.46. The van der Waals surface area contributed by atoms with Gasteiger partial charge in [0.15, 0.2) is 5.11 Å². The highest BCUT2D eigenvalue weighted by atomic mass is 32.1. The molecule has 1 saturated carbocycles. The molecule has 0 bridgehead atoms. The second-order valence-corrected chi connectivity index (χ2v) is 6.18. The van der Waals surface area contributed by atoms with Gasteiger partial charge in [-0.25, -0.2) is 0 Å². The molecule has 2 rings (SSSR count). The van der Waals surface area contributed by atoms with Crippen LogP contribution in [0, 0.1) is 6.92 Å². The van der Waals surface area contributed by atoms with Gasteiger partial charge >= 0.3 is 0 Å². The first-order valence-corrected chi connectivity index (χ1v) is 7.65. The minimum absolute atomic E-state index is 0.497. The maximum absolute atomic E-state index is 5.46. The number of thiocarbonyl (C=S) groups is 1. The number of nitrogens with one attached hydrogen (secondary N) is 2. The lowest BCUT2D eigenvalue weighted by atomic mass is 9.98. The van der Waals surface area contributed by atoms with Crippen molar-refractivity contribution < 1.29 is 0 Å². The Balaban J connectivity index is 2.07. The Bertz CT molecular complexity index is 448. The van der Waals surface area contributed by atoms with E-state index in [0.717, 1.165) is 5.11 Å². The number of anilines is 1. The van der Waals surface area contributed by atoms with Gasteiger partial charge in [0.2, 0.25) is 0 Å². The normalized spacial score (nSPS) is 15.8. The molecule has 104 valence electrons. The largest absolute Gasteiger partial charge is 0.360 e. The SMILES string of the molecule is Cc1cccc(C(C)C)c1NC(=S)NC1CCCC1. The zero-order chi connectivity index (χ0) is 13.8. The van der Waals surface area contributed by atoms with E-state index in [2.05, 4.69) is 49.6 Å². The fourth-order valence-corrected chi connectivity index (χ4v) is 3.02. The standard InChI is InChI=1S/C16H24N2S/c1-11(2)14-10-6-7-12(3)15(14)18-16(19)17-13-8-4-5-9-13/h6-7,10-11,13H,4-5,8-9H2,1-3H3,(H2,17,18,19). The van der Waals surface area contributed by atoms with Crippen LogP contribution >= 0.6 is 12.2 Å². The molecule has 0 amide bonds. The Hall–Kier alpha value is -1.09. The van der Waals surface area contributed by atoms with Gasteiger partial charge in [0.1, 0.15) is 0 Å². The average molecular weight is 276 g/mol. The van der Waals surface area contributed by atoms with Crippen LogP contribution in [0.5, 0.6) is 0 Å². The van der Waals surface area contributed by atoms with E-state index in [1.807, 2.05) is 0 Å². The number of benzene rings is 1. The summed E-state index contributed by atoms with van der Waals surface area (Å²) in [7, 11) is 0. The van der Waals surface area contributed by atoms with Gasteiger partial charge in [-0.05, 0) is 49.0 Å². The zero-order valence-corrected chi connectivity index (χ0v) is 12.9. The Morgan fingerprint density at radius 3 is 2.58 bits per heavy atom. The van der Waals surface area contributed by atoms with E-state index in [1.165, 1.54) is 42.5 Å². The van der Waals surface area contributed by atoms with E-state index >= 15 is 0 Å². The van der Waals surface area contributed by atoms with Gasteiger partial charge in [-0.2, -0.15) is 0 Å². The molecule has 0 spiro atoms. The molecule has 0 radical (unpaired) electrons. The Morgan fingerprint density at radius 2 is 1.95 bits per heavy atom. The molecule has 2 N–H and O–H groups in total. The lowest BCUT2D eigenvalue weighted by Crippen LogP contribution is -2.36. The Labute approximate surface area is 122 Å². The van der Waals surface area contributed by atoms with E-state index in [0.29, 0.717) is 12.0 Å². The van der Waals surface area contributed by atoms with E-state index < -0.39 is 0 Å². The predicted molar refractivity (Wildman–Crippen MR) is 86.9 cm³/mol. The van der Waals surface area contributed by atoms with Crippen molar-refractivity contribution in [2.45, 2.75) is 58.4 Å². The summed E-state index contributed by atoms with van der Waals surface area (Å²) in [6, 6.07) is 6.99. The van der Waals surface area contributed by atoms with Crippen LogP contribution in [-0.4, -0.2) is 11.2 Å². The van der Waals surface area contributed by atoms with Crippen LogP contribution in [0.4, 0.5) is 5.69 Å². The summed E-state index contributed by atoms with van der Waals surface area (Å²) in [5.41, 5.74) is 3.75. The summed E-state index contributed by atoms with van der Waals surface area (Å²) in [6.07, 6.45) is 5.13. The summed E-state index contributed by atoms with van der Waals surface area (Å²) < 4.78 is 0. The molecule has 0 saturated heterocycles. The highest BCUT2D eigenvalue weighted by Gasteiger charge is 2.16. The lowest BCUT2D eigenvalue weighted by molar-refractivity contribution is 0.634. The molecule has 19 heavy (non-hydrogen) atoms. The van der Waals surface area contributed by atoms with Gasteiger partial charge in [0.25, 0.3) is 0 Å². The van der Waals surface area contributed by atoms with Crippen molar-refractivity contribution in [1.29, 1.82) is 0 Å². The Kier molecular flexibility index (Phi) is 4.81. The molecule has 1 aromatic carbocycles. The summed E-state index contributed by atoms with van der Waals surface area (Å²) in [5, 5.41) is 7.62. The summed E-state index contributed by atoms with van der Waals surface area (Å²) in [5.74, 6) is 0.497. The molecule has 2 nitrogen and oxygen atoms in total. The van der Waals surface area contributed by atoms with Crippen LogP contribution in [0.1, 0.15) is 56.6 Å². The van der Waals surface area contributed by atoms with E-state index in [9.17, 15) is 0 Å². The molecule has 1 aliphatic carbocycles. The van der Waals surface area contributed by atoms with Crippen molar-refractivity contribution in [3.63, 3.8) is 0 Å². The molecule has 0 heterocycles. The van der Waals surface area contributed by atoms with E-state index in [4.69, 9.17) is 12.2 Å². The van der Waals surface area contributed by atoms with Crippen LogP contribution in [0.2, 0.25) is 0 Å². The van der Waals surface area contributed by atoms with Crippen molar-refractivity contribution in [2.75, 3.05) is 5.32 Å². The van der Waals surface area contributed by atoms with Crippen molar-refractivity contribution in [1.82, 2.24) is 5.32 Å². The van der Waals surface area contributed by atoms with E-state index in [1.54, 1.807) is 0 Å². The second-order valence-electron chi connectivity index (χ2n) is 5.77. The fourth-order valence-electron chi connectivity index (χ4n) is 2.75. The fraction of sp³-hybridized carbons (Fsp3) is 0.562. The smallest absolute Gasteiger partial charge is 0.171 e. The first kappa shape index (κ1) is 14.3. The monoisotopic (exact) mass is 276 g/mol. The van der Waals surface area contributed by atoms with Crippen LogP contribution in [0.15, 0.2) is 18.2 Å². The molecule has 1 aromatic rings. The molecule has 1 fully saturated rings. The highest BCUT2D eigenvalue weighted by Crippen LogP contribution is 2.27. The van der Waals surface area contributed by atoms with Crippen LogP contribution in [-0.2, 0) is 0 Å². The Morgan fingerprint density at radius 1 is 1.26 bits per heavy atom. The third kappa shape index (κ3) is 3.69. The van der Waals surface area contributed by atoms with Crippen LogP contribution in [0.25, 0.3) is 0 Å². The molecule has 0 atom stereocenters.